The highest BCUT2D eigenvalue weighted by atomic mass is 15.1. The second kappa shape index (κ2) is 9.15. The summed E-state index contributed by atoms with van der Waals surface area (Å²) < 4.78 is 0. The Kier molecular flexibility index (Phi) is 7.53. The molecule has 0 aromatic heterocycles. The summed E-state index contributed by atoms with van der Waals surface area (Å²) in [5, 5.41) is 0. The monoisotopic (exact) mass is 294 g/mol. The molecule has 0 amide bonds. The number of hydrogen-bond donors (Lipinski definition) is 0. The predicted octanol–water partition coefficient (Wildman–Crippen LogP) is 4.26. The maximum absolute atomic E-state index is 2.74. The van der Waals surface area contributed by atoms with Crippen LogP contribution in [0.3, 0.4) is 0 Å². The Morgan fingerprint density at radius 1 is 0.857 bits per heavy atom. The number of likely N-dealkylation sites (tertiary alicyclic amines) is 2. The van der Waals surface area contributed by atoms with E-state index in [2.05, 4.69) is 30.6 Å². The minimum Gasteiger partial charge on any atom is -0.303 e. The summed E-state index contributed by atoms with van der Waals surface area (Å²) in [7, 11) is 0. The number of piperidine rings is 1. The van der Waals surface area contributed by atoms with Crippen LogP contribution < -0.4 is 0 Å². The van der Waals surface area contributed by atoms with Crippen LogP contribution in [0, 0.1) is 17.8 Å². The lowest BCUT2D eigenvalue weighted by Crippen LogP contribution is -2.37. The highest BCUT2D eigenvalue weighted by Gasteiger charge is 2.22. The van der Waals surface area contributed by atoms with E-state index in [0.29, 0.717) is 0 Å². The molecule has 2 heteroatoms. The summed E-state index contributed by atoms with van der Waals surface area (Å²) in [6, 6.07) is 0. The van der Waals surface area contributed by atoms with Gasteiger partial charge in [0, 0.05) is 6.54 Å². The summed E-state index contributed by atoms with van der Waals surface area (Å²) in [5.74, 6) is 2.74. The van der Waals surface area contributed by atoms with E-state index in [4.69, 9.17) is 0 Å². The van der Waals surface area contributed by atoms with Crippen molar-refractivity contribution in [3.63, 3.8) is 0 Å². The smallest absolute Gasteiger partial charge is 0.000977 e. The van der Waals surface area contributed by atoms with Gasteiger partial charge in [0.2, 0.25) is 0 Å². The zero-order chi connectivity index (χ0) is 15.1. The van der Waals surface area contributed by atoms with E-state index in [-0.39, 0.29) is 0 Å². The Morgan fingerprint density at radius 2 is 1.52 bits per heavy atom. The van der Waals surface area contributed by atoms with Crippen molar-refractivity contribution in [3.8, 4) is 0 Å². The summed E-state index contributed by atoms with van der Waals surface area (Å²) in [6.45, 7) is 15.3. The summed E-state index contributed by atoms with van der Waals surface area (Å²) >= 11 is 0. The molecule has 21 heavy (non-hydrogen) atoms. The molecule has 2 nitrogen and oxygen atoms in total. The third-order valence-corrected chi connectivity index (χ3v) is 5.50. The van der Waals surface area contributed by atoms with Crippen LogP contribution in [-0.4, -0.2) is 49.1 Å². The first kappa shape index (κ1) is 17.3. The molecule has 2 atom stereocenters. The first-order chi connectivity index (χ1) is 10.1. The summed E-state index contributed by atoms with van der Waals surface area (Å²) in [5.41, 5.74) is 0. The van der Waals surface area contributed by atoms with Crippen molar-refractivity contribution in [1.29, 1.82) is 0 Å². The molecule has 2 aliphatic rings. The van der Waals surface area contributed by atoms with Crippen molar-refractivity contribution in [2.75, 3.05) is 39.3 Å². The molecule has 0 spiro atoms. The van der Waals surface area contributed by atoms with Crippen LogP contribution in [0.1, 0.15) is 65.7 Å². The first-order valence-electron chi connectivity index (χ1n) is 9.58. The minimum absolute atomic E-state index is 0.852. The molecule has 2 aliphatic heterocycles. The van der Waals surface area contributed by atoms with Crippen LogP contribution in [0.2, 0.25) is 0 Å². The van der Waals surface area contributed by atoms with E-state index in [0.717, 1.165) is 17.8 Å². The molecule has 124 valence electrons. The molecule has 2 heterocycles. The van der Waals surface area contributed by atoms with Gasteiger partial charge in [-0.3, -0.25) is 0 Å². The Bertz CT molecular complexity index is 271. The second-order valence-electron chi connectivity index (χ2n) is 8.17. The van der Waals surface area contributed by atoms with Crippen LogP contribution in [0.5, 0.6) is 0 Å². The van der Waals surface area contributed by atoms with Gasteiger partial charge in [0.25, 0.3) is 0 Å². The highest BCUT2D eigenvalue weighted by Crippen LogP contribution is 2.25. The van der Waals surface area contributed by atoms with E-state index in [1.165, 1.54) is 84.2 Å². The molecule has 0 saturated carbocycles. The highest BCUT2D eigenvalue weighted by molar-refractivity contribution is 4.76. The average molecular weight is 295 g/mol. The van der Waals surface area contributed by atoms with E-state index in [1.54, 1.807) is 0 Å². The molecular formula is C19H38N2. The van der Waals surface area contributed by atoms with Crippen LogP contribution in [0.25, 0.3) is 0 Å². The maximum Gasteiger partial charge on any atom is 0.000977 e. The normalized spacial score (nSPS) is 26.6. The van der Waals surface area contributed by atoms with Crippen molar-refractivity contribution < 1.29 is 0 Å². The SMILES string of the molecule is CC(C)CCN1CCCC(CC(C)CCN2CCCC2)C1. The van der Waals surface area contributed by atoms with Gasteiger partial charge in [-0.2, -0.15) is 0 Å². The predicted molar refractivity (Wildman–Crippen MR) is 92.7 cm³/mol. The summed E-state index contributed by atoms with van der Waals surface area (Å²) in [4.78, 5) is 5.41. The van der Waals surface area contributed by atoms with Crippen LogP contribution in [-0.2, 0) is 0 Å². The Morgan fingerprint density at radius 3 is 2.24 bits per heavy atom. The van der Waals surface area contributed by atoms with Crippen molar-refractivity contribution >= 4 is 0 Å². The quantitative estimate of drug-likeness (QED) is 0.660. The molecule has 0 aromatic carbocycles. The third kappa shape index (κ3) is 6.69. The fourth-order valence-corrected chi connectivity index (χ4v) is 4.08. The summed E-state index contributed by atoms with van der Waals surface area (Å²) in [6.07, 6.45) is 10.0. The van der Waals surface area contributed by atoms with Gasteiger partial charge in [-0.25, -0.2) is 0 Å². The topological polar surface area (TPSA) is 6.48 Å². The van der Waals surface area contributed by atoms with Gasteiger partial charge in [-0.15, -0.1) is 0 Å². The van der Waals surface area contributed by atoms with Crippen molar-refractivity contribution in [1.82, 2.24) is 9.80 Å². The lowest BCUT2D eigenvalue weighted by atomic mass is 9.87. The van der Waals surface area contributed by atoms with Gasteiger partial charge >= 0.3 is 0 Å². The second-order valence-corrected chi connectivity index (χ2v) is 8.17. The standard InChI is InChI=1S/C19H38N2/c1-17(2)8-13-21-12-6-7-19(16-21)15-18(3)9-14-20-10-4-5-11-20/h17-19H,4-16H2,1-3H3. The molecule has 2 fully saturated rings. The first-order valence-corrected chi connectivity index (χ1v) is 9.58. The van der Waals surface area contributed by atoms with E-state index < -0.39 is 0 Å². The molecule has 0 bridgehead atoms. The fraction of sp³-hybridized carbons (Fsp3) is 1.00. The van der Waals surface area contributed by atoms with Crippen molar-refractivity contribution in [3.05, 3.63) is 0 Å². The molecule has 2 saturated heterocycles. The van der Waals surface area contributed by atoms with E-state index in [1.807, 2.05) is 0 Å². The maximum atomic E-state index is 2.74. The van der Waals surface area contributed by atoms with E-state index >= 15 is 0 Å². The Hall–Kier alpha value is -0.0800. The average Bonchev–Trinajstić information content (AvgIpc) is 2.97. The molecule has 0 N–H and O–H groups in total. The van der Waals surface area contributed by atoms with Gasteiger partial charge in [-0.1, -0.05) is 20.8 Å². The van der Waals surface area contributed by atoms with Gasteiger partial charge in [0.15, 0.2) is 0 Å². The zero-order valence-electron chi connectivity index (χ0n) is 14.8. The lowest BCUT2D eigenvalue weighted by Gasteiger charge is -2.34. The van der Waals surface area contributed by atoms with Crippen molar-refractivity contribution in [2.24, 2.45) is 17.8 Å². The molecular weight excluding hydrogens is 256 g/mol. The van der Waals surface area contributed by atoms with Crippen LogP contribution in [0.15, 0.2) is 0 Å². The molecule has 0 aliphatic carbocycles. The minimum atomic E-state index is 0.852. The Balaban J connectivity index is 1.61. The Labute approximate surface area is 133 Å². The van der Waals surface area contributed by atoms with Gasteiger partial charge < -0.3 is 9.80 Å². The van der Waals surface area contributed by atoms with Gasteiger partial charge in [-0.05, 0) is 95.4 Å². The van der Waals surface area contributed by atoms with E-state index in [9.17, 15) is 0 Å². The number of hydrogen-bond acceptors (Lipinski definition) is 2. The van der Waals surface area contributed by atoms with Crippen LogP contribution in [0.4, 0.5) is 0 Å². The fourth-order valence-electron chi connectivity index (χ4n) is 4.08. The number of rotatable bonds is 8. The molecule has 0 aromatic rings. The van der Waals surface area contributed by atoms with Crippen molar-refractivity contribution in [2.45, 2.75) is 65.7 Å². The van der Waals surface area contributed by atoms with Crippen LogP contribution >= 0.6 is 0 Å². The lowest BCUT2D eigenvalue weighted by molar-refractivity contribution is 0.148. The number of nitrogens with zero attached hydrogens (tertiary/aromatic N) is 2. The van der Waals surface area contributed by atoms with Gasteiger partial charge in [0.1, 0.15) is 0 Å². The molecule has 0 radical (unpaired) electrons. The largest absolute Gasteiger partial charge is 0.303 e. The molecule has 2 unspecified atom stereocenters. The third-order valence-electron chi connectivity index (χ3n) is 5.50. The molecule has 2 rings (SSSR count). The van der Waals surface area contributed by atoms with Gasteiger partial charge in [0.05, 0.1) is 0 Å². The zero-order valence-corrected chi connectivity index (χ0v) is 14.8.